The number of ether oxygens (including phenoxy) is 1. The lowest BCUT2D eigenvalue weighted by Gasteiger charge is -2.23. The van der Waals surface area contributed by atoms with Gasteiger partial charge in [0.1, 0.15) is 0 Å². The summed E-state index contributed by atoms with van der Waals surface area (Å²) < 4.78 is 5.15. The zero-order valence-corrected chi connectivity index (χ0v) is 17.9. The van der Waals surface area contributed by atoms with E-state index in [-0.39, 0.29) is 34.8 Å². The van der Waals surface area contributed by atoms with Gasteiger partial charge in [-0.25, -0.2) is 9.59 Å². The molecule has 0 aliphatic heterocycles. The van der Waals surface area contributed by atoms with Crippen molar-refractivity contribution in [1.29, 1.82) is 0 Å². The van der Waals surface area contributed by atoms with Crippen LogP contribution in [0.2, 0.25) is 0 Å². The van der Waals surface area contributed by atoms with Crippen LogP contribution in [0.5, 0.6) is 0 Å². The Balaban J connectivity index is 1.99. The fourth-order valence-corrected chi connectivity index (χ4v) is 3.26. The van der Waals surface area contributed by atoms with Gasteiger partial charge in [-0.2, -0.15) is 0 Å². The Morgan fingerprint density at radius 1 is 0.903 bits per heavy atom. The second-order valence-electron chi connectivity index (χ2n) is 7.51. The number of urea groups is 1. The molecule has 0 heterocycles. The molecular weight excluding hydrogens is 404 g/mol. The molecule has 0 spiro atoms. The molecule has 1 aromatic carbocycles. The molecule has 4 N–H and O–H groups in total. The highest BCUT2D eigenvalue weighted by Crippen LogP contribution is 2.21. The molecular formula is C21H28N4O6. The maximum atomic E-state index is 12.5. The lowest BCUT2D eigenvalue weighted by Crippen LogP contribution is -2.48. The summed E-state index contributed by atoms with van der Waals surface area (Å²) in [5, 5.41) is 9.98. The van der Waals surface area contributed by atoms with Crippen LogP contribution in [0.4, 0.5) is 16.2 Å². The third-order valence-corrected chi connectivity index (χ3v) is 4.64. The summed E-state index contributed by atoms with van der Waals surface area (Å²) in [5.41, 5.74) is 0.561. The standard InChI is InChI=1S/C21H28N4O6/c1-12(19(28)25-21(30)24-16-7-5-4-6-8-16)31-20(29)15-9-17(22-13(2)26)11-18(10-15)23-14(3)27/h9-12,16H,4-8H2,1-3H3,(H,22,26)(H,23,27)(H2,24,25,28,30). The zero-order valence-electron chi connectivity index (χ0n) is 17.9. The van der Waals surface area contributed by atoms with E-state index >= 15 is 0 Å². The highest BCUT2D eigenvalue weighted by Gasteiger charge is 2.23. The van der Waals surface area contributed by atoms with Crippen molar-refractivity contribution in [3.05, 3.63) is 23.8 Å². The first kappa shape index (κ1) is 23.8. The monoisotopic (exact) mass is 432 g/mol. The van der Waals surface area contributed by atoms with Crippen molar-refractivity contribution in [3.63, 3.8) is 0 Å². The average Bonchev–Trinajstić information content (AvgIpc) is 2.67. The van der Waals surface area contributed by atoms with Crippen LogP contribution < -0.4 is 21.3 Å². The number of benzene rings is 1. The fourth-order valence-electron chi connectivity index (χ4n) is 3.26. The first-order valence-corrected chi connectivity index (χ1v) is 10.2. The van der Waals surface area contributed by atoms with Gasteiger partial charge in [-0.3, -0.25) is 19.7 Å². The molecule has 10 heteroatoms. The van der Waals surface area contributed by atoms with Crippen molar-refractivity contribution in [1.82, 2.24) is 10.6 Å². The topological polar surface area (TPSA) is 143 Å². The van der Waals surface area contributed by atoms with Crippen LogP contribution in [0.25, 0.3) is 0 Å². The molecule has 0 radical (unpaired) electrons. The molecule has 1 fully saturated rings. The van der Waals surface area contributed by atoms with Crippen LogP contribution in [0.15, 0.2) is 18.2 Å². The highest BCUT2D eigenvalue weighted by molar-refractivity contribution is 6.00. The molecule has 168 valence electrons. The quantitative estimate of drug-likeness (QED) is 0.508. The van der Waals surface area contributed by atoms with Crippen LogP contribution in [0.3, 0.4) is 0 Å². The van der Waals surface area contributed by atoms with Gasteiger partial charge >= 0.3 is 12.0 Å². The van der Waals surface area contributed by atoms with E-state index in [4.69, 9.17) is 4.74 Å². The Morgan fingerprint density at radius 3 is 1.97 bits per heavy atom. The van der Waals surface area contributed by atoms with Crippen LogP contribution in [-0.4, -0.2) is 41.9 Å². The van der Waals surface area contributed by atoms with Gasteiger partial charge in [-0.1, -0.05) is 19.3 Å². The van der Waals surface area contributed by atoms with Gasteiger partial charge in [-0.15, -0.1) is 0 Å². The molecule has 1 aromatic rings. The van der Waals surface area contributed by atoms with E-state index in [1.54, 1.807) is 0 Å². The second kappa shape index (κ2) is 11.1. The third kappa shape index (κ3) is 8.07. The Kier molecular flexibility index (Phi) is 8.53. The number of amides is 5. The maximum absolute atomic E-state index is 12.5. The van der Waals surface area contributed by atoms with Gasteiger partial charge in [-0.05, 0) is 38.0 Å². The summed E-state index contributed by atoms with van der Waals surface area (Å²) in [7, 11) is 0. The van der Waals surface area contributed by atoms with E-state index < -0.39 is 24.0 Å². The Bertz CT molecular complexity index is 829. The predicted molar refractivity (Wildman–Crippen MR) is 113 cm³/mol. The smallest absolute Gasteiger partial charge is 0.339 e. The number of hydrogen-bond acceptors (Lipinski definition) is 6. The van der Waals surface area contributed by atoms with Crippen LogP contribution >= 0.6 is 0 Å². The van der Waals surface area contributed by atoms with Crippen molar-refractivity contribution in [3.8, 4) is 0 Å². The number of rotatable bonds is 6. The summed E-state index contributed by atoms with van der Waals surface area (Å²) in [6.07, 6.45) is 3.70. The lowest BCUT2D eigenvalue weighted by molar-refractivity contribution is -0.128. The van der Waals surface area contributed by atoms with Crippen LogP contribution in [0.1, 0.15) is 63.2 Å². The van der Waals surface area contributed by atoms with E-state index in [9.17, 15) is 24.0 Å². The number of carbonyl (C=O) groups is 5. The Morgan fingerprint density at radius 2 is 1.45 bits per heavy atom. The summed E-state index contributed by atoms with van der Waals surface area (Å²) >= 11 is 0. The minimum Gasteiger partial charge on any atom is -0.449 e. The summed E-state index contributed by atoms with van der Waals surface area (Å²) in [6.45, 7) is 3.94. The minimum absolute atomic E-state index is 0.0151. The SMILES string of the molecule is CC(=O)Nc1cc(NC(C)=O)cc(C(=O)OC(C)C(=O)NC(=O)NC2CCCCC2)c1. The fraction of sp³-hybridized carbons (Fsp3) is 0.476. The van der Waals surface area contributed by atoms with Crippen molar-refractivity contribution < 1.29 is 28.7 Å². The van der Waals surface area contributed by atoms with Crippen molar-refractivity contribution in [2.24, 2.45) is 0 Å². The molecule has 1 unspecified atom stereocenters. The average molecular weight is 432 g/mol. The summed E-state index contributed by atoms with van der Waals surface area (Å²) in [6, 6.07) is 3.60. The molecule has 0 saturated heterocycles. The number of esters is 1. The van der Waals surface area contributed by atoms with Gasteiger partial charge in [0.2, 0.25) is 11.8 Å². The molecule has 1 atom stereocenters. The zero-order chi connectivity index (χ0) is 23.0. The molecule has 0 aromatic heterocycles. The van der Waals surface area contributed by atoms with Gasteiger partial charge < -0.3 is 20.7 Å². The number of imide groups is 1. The minimum atomic E-state index is -1.24. The van der Waals surface area contributed by atoms with Gasteiger partial charge in [0.25, 0.3) is 5.91 Å². The van der Waals surface area contributed by atoms with Crippen LogP contribution in [-0.2, 0) is 19.1 Å². The maximum Gasteiger partial charge on any atom is 0.339 e. The molecule has 1 aliphatic rings. The van der Waals surface area contributed by atoms with E-state index in [1.165, 1.54) is 39.0 Å². The highest BCUT2D eigenvalue weighted by atomic mass is 16.5. The molecule has 31 heavy (non-hydrogen) atoms. The lowest BCUT2D eigenvalue weighted by atomic mass is 9.96. The van der Waals surface area contributed by atoms with E-state index in [2.05, 4.69) is 21.3 Å². The Labute approximate surface area is 180 Å². The molecule has 10 nitrogen and oxygen atoms in total. The van der Waals surface area contributed by atoms with Crippen LogP contribution in [0, 0.1) is 0 Å². The second-order valence-corrected chi connectivity index (χ2v) is 7.51. The molecule has 2 rings (SSSR count). The number of nitrogens with one attached hydrogen (secondary N) is 4. The molecule has 1 saturated carbocycles. The first-order valence-electron chi connectivity index (χ1n) is 10.2. The molecule has 5 amide bonds. The van der Waals surface area contributed by atoms with E-state index in [0.717, 1.165) is 32.1 Å². The third-order valence-electron chi connectivity index (χ3n) is 4.64. The van der Waals surface area contributed by atoms with Gasteiger partial charge in [0, 0.05) is 31.3 Å². The summed E-state index contributed by atoms with van der Waals surface area (Å²) in [4.78, 5) is 59.4. The molecule has 0 bridgehead atoms. The van der Waals surface area contributed by atoms with Gasteiger partial charge in [0.15, 0.2) is 6.10 Å². The predicted octanol–water partition coefficient (Wildman–Crippen LogP) is 2.31. The number of hydrogen-bond donors (Lipinski definition) is 4. The van der Waals surface area contributed by atoms with Crippen molar-refractivity contribution in [2.75, 3.05) is 10.6 Å². The first-order chi connectivity index (χ1) is 14.6. The number of anilines is 2. The van der Waals surface area contributed by atoms with Gasteiger partial charge in [0.05, 0.1) is 5.56 Å². The van der Waals surface area contributed by atoms with E-state index in [0.29, 0.717) is 0 Å². The normalized spacial score (nSPS) is 14.7. The number of carbonyl (C=O) groups excluding carboxylic acids is 5. The van der Waals surface area contributed by atoms with Crippen molar-refractivity contribution in [2.45, 2.75) is 65.0 Å². The van der Waals surface area contributed by atoms with Crippen molar-refractivity contribution >= 4 is 41.1 Å². The summed E-state index contributed by atoms with van der Waals surface area (Å²) in [5.74, 6) is -2.34. The molecule has 1 aliphatic carbocycles. The largest absolute Gasteiger partial charge is 0.449 e. The van der Waals surface area contributed by atoms with E-state index in [1.807, 2.05) is 0 Å². The Hall–Kier alpha value is -3.43.